The molecule has 2 N–H and O–H groups in total. The molecule has 0 aromatic carbocycles. The number of ether oxygens (including phenoxy) is 1. The van der Waals surface area contributed by atoms with Crippen molar-refractivity contribution in [1.29, 1.82) is 0 Å². The summed E-state index contributed by atoms with van der Waals surface area (Å²) in [7, 11) is -4.35. The highest BCUT2D eigenvalue weighted by molar-refractivity contribution is 7.84. The Balaban J connectivity index is 2.64. The fourth-order valence-corrected chi connectivity index (χ4v) is 2.62. The van der Waals surface area contributed by atoms with Gasteiger partial charge in [0.1, 0.15) is 6.61 Å². The summed E-state index contributed by atoms with van der Waals surface area (Å²) < 4.78 is 29.4. The lowest BCUT2D eigenvalue weighted by Gasteiger charge is -2.27. The predicted octanol–water partition coefficient (Wildman–Crippen LogP) is 2.51. The average molecular weight is 384 g/mol. The first-order valence-electron chi connectivity index (χ1n) is 6.30. The van der Waals surface area contributed by atoms with Crippen LogP contribution in [0.3, 0.4) is 0 Å². The summed E-state index contributed by atoms with van der Waals surface area (Å²) in [6.45, 7) is -0.485. The van der Waals surface area contributed by atoms with Gasteiger partial charge in [-0.25, -0.2) is 9.93 Å². The molecule has 0 heterocycles. The molecule has 1 amide bonds. The van der Waals surface area contributed by atoms with Crippen molar-refractivity contribution < 1.29 is 22.2 Å². The van der Waals surface area contributed by atoms with Crippen molar-refractivity contribution in [2.75, 3.05) is 13.2 Å². The van der Waals surface area contributed by atoms with Crippen molar-refractivity contribution in [1.82, 2.24) is 5.06 Å². The van der Waals surface area contributed by atoms with Gasteiger partial charge in [0.25, 0.3) is 0 Å². The maximum absolute atomic E-state index is 11.8. The topological polar surface area (TPSA) is 98.9 Å². The lowest BCUT2D eigenvalue weighted by Crippen LogP contribution is -2.40. The number of hydrogen-bond donors (Lipinski definition) is 1. The zero-order valence-electron chi connectivity index (χ0n) is 11.1. The third-order valence-corrected chi connectivity index (χ3v) is 3.62. The predicted molar refractivity (Wildman–Crippen MR) is 79.1 cm³/mol. The third-order valence-electron chi connectivity index (χ3n) is 2.91. The van der Waals surface area contributed by atoms with E-state index in [2.05, 4.69) is 4.28 Å². The Morgan fingerprint density at radius 2 is 1.81 bits per heavy atom. The molecule has 0 aromatic rings. The number of halogens is 3. The number of hydroxylamine groups is 2. The summed E-state index contributed by atoms with van der Waals surface area (Å²) in [5, 5.41) is 5.34. The van der Waals surface area contributed by atoms with Crippen LogP contribution in [0.4, 0.5) is 4.79 Å². The van der Waals surface area contributed by atoms with Crippen LogP contribution in [0.2, 0.25) is 0 Å². The van der Waals surface area contributed by atoms with Gasteiger partial charge in [0.15, 0.2) is 0 Å². The molecule has 0 bridgehead atoms. The van der Waals surface area contributed by atoms with Gasteiger partial charge in [-0.2, -0.15) is 13.5 Å². The molecule has 0 radical (unpaired) electrons. The van der Waals surface area contributed by atoms with E-state index in [1.54, 1.807) is 0 Å². The van der Waals surface area contributed by atoms with E-state index in [1.165, 1.54) is 0 Å². The summed E-state index contributed by atoms with van der Waals surface area (Å²) in [6.07, 6.45) is 3.80. The van der Waals surface area contributed by atoms with Crippen LogP contribution >= 0.6 is 34.8 Å². The molecule has 1 aliphatic carbocycles. The fourth-order valence-electron chi connectivity index (χ4n) is 2.08. The Kier molecular flexibility index (Phi) is 7.29. The maximum Gasteiger partial charge on any atom is 0.435 e. The number of amides is 1. The molecule has 1 rings (SSSR count). The van der Waals surface area contributed by atoms with E-state index in [0.717, 1.165) is 32.1 Å². The van der Waals surface area contributed by atoms with E-state index in [0.29, 0.717) is 5.06 Å². The van der Waals surface area contributed by atoms with Crippen LogP contribution < -0.4 is 5.14 Å². The standard InChI is InChI=1S/C10H17Cl3N2O5S/c11-10(12,13)7-19-9(16)15(20-21(14,17)18)6-8-4-2-1-3-5-8/h8H,1-7H2,(H2,14,17,18). The van der Waals surface area contributed by atoms with Gasteiger partial charge in [-0.3, -0.25) is 0 Å². The molecular formula is C10H17Cl3N2O5S. The van der Waals surface area contributed by atoms with Crippen molar-refractivity contribution in [3.05, 3.63) is 0 Å². The first-order valence-corrected chi connectivity index (χ1v) is 8.91. The van der Waals surface area contributed by atoms with Crippen LogP contribution in [0.5, 0.6) is 0 Å². The van der Waals surface area contributed by atoms with Gasteiger partial charge in [0, 0.05) is 0 Å². The normalized spacial score (nSPS) is 17.5. The smallest absolute Gasteiger partial charge is 0.435 e. The first-order chi connectivity index (χ1) is 9.57. The lowest BCUT2D eigenvalue weighted by molar-refractivity contribution is -0.0547. The molecule has 1 saturated carbocycles. The number of nitrogens with two attached hydrogens (primary N) is 1. The molecule has 0 unspecified atom stereocenters. The molecule has 7 nitrogen and oxygen atoms in total. The van der Waals surface area contributed by atoms with E-state index in [-0.39, 0.29) is 12.5 Å². The minimum absolute atomic E-state index is 0.0507. The zero-order valence-corrected chi connectivity index (χ0v) is 14.2. The van der Waals surface area contributed by atoms with Gasteiger partial charge < -0.3 is 4.74 Å². The summed E-state index contributed by atoms with van der Waals surface area (Å²) in [4.78, 5) is 11.8. The van der Waals surface area contributed by atoms with Crippen molar-refractivity contribution >= 4 is 51.2 Å². The third kappa shape index (κ3) is 8.90. The van der Waals surface area contributed by atoms with Crippen LogP contribution in [0.25, 0.3) is 0 Å². The molecule has 0 atom stereocenters. The van der Waals surface area contributed by atoms with Crippen LogP contribution in [0, 0.1) is 5.92 Å². The number of hydrogen-bond acceptors (Lipinski definition) is 5. The van der Waals surface area contributed by atoms with Crippen molar-refractivity contribution in [2.45, 2.75) is 35.9 Å². The first kappa shape index (κ1) is 19.1. The number of rotatable bonds is 5. The Bertz CT molecular complexity index is 448. The van der Waals surface area contributed by atoms with Crippen molar-refractivity contribution in [2.24, 2.45) is 11.1 Å². The van der Waals surface area contributed by atoms with Crippen molar-refractivity contribution in [3.8, 4) is 0 Å². The molecule has 0 aromatic heterocycles. The van der Waals surface area contributed by atoms with E-state index in [9.17, 15) is 13.2 Å². The monoisotopic (exact) mass is 382 g/mol. The molecule has 124 valence electrons. The average Bonchev–Trinajstić information content (AvgIpc) is 2.34. The van der Waals surface area contributed by atoms with Gasteiger partial charge in [0.2, 0.25) is 3.79 Å². The number of alkyl halides is 3. The minimum Gasteiger partial charge on any atom is -0.443 e. The summed E-state index contributed by atoms with van der Waals surface area (Å²) in [6, 6.07) is 0. The SMILES string of the molecule is NS(=O)(=O)ON(CC1CCCCC1)C(=O)OCC(Cl)(Cl)Cl. The van der Waals surface area contributed by atoms with Crippen LogP contribution in [-0.4, -0.2) is 36.5 Å². The molecule has 1 fully saturated rings. The van der Waals surface area contributed by atoms with Gasteiger partial charge in [-0.1, -0.05) is 54.1 Å². The molecule has 0 aliphatic heterocycles. The fraction of sp³-hybridized carbons (Fsp3) is 0.900. The summed E-state index contributed by atoms with van der Waals surface area (Å²) in [5.74, 6) is 0.112. The Morgan fingerprint density at radius 1 is 1.24 bits per heavy atom. The van der Waals surface area contributed by atoms with Gasteiger partial charge in [-0.05, 0) is 18.8 Å². The molecule has 1 aliphatic rings. The maximum atomic E-state index is 11.8. The van der Waals surface area contributed by atoms with Crippen LogP contribution in [0.1, 0.15) is 32.1 Å². The highest BCUT2D eigenvalue weighted by Gasteiger charge is 2.29. The van der Waals surface area contributed by atoms with Gasteiger partial charge in [0.05, 0.1) is 6.54 Å². The Morgan fingerprint density at radius 3 is 2.29 bits per heavy atom. The van der Waals surface area contributed by atoms with E-state index >= 15 is 0 Å². The quantitative estimate of drug-likeness (QED) is 0.581. The Labute approximate surface area is 138 Å². The highest BCUT2D eigenvalue weighted by Crippen LogP contribution is 2.27. The number of carbonyl (C=O) groups excluding carboxylic acids is 1. The second-order valence-electron chi connectivity index (χ2n) is 4.80. The highest BCUT2D eigenvalue weighted by atomic mass is 35.6. The molecule has 21 heavy (non-hydrogen) atoms. The summed E-state index contributed by atoms with van der Waals surface area (Å²) >= 11 is 16.4. The van der Waals surface area contributed by atoms with Gasteiger partial charge >= 0.3 is 16.4 Å². The molecule has 0 spiro atoms. The number of nitrogens with zero attached hydrogens (tertiary/aromatic N) is 1. The lowest BCUT2D eigenvalue weighted by atomic mass is 9.89. The molecular weight excluding hydrogens is 367 g/mol. The zero-order chi connectivity index (χ0) is 16.1. The van der Waals surface area contributed by atoms with Crippen molar-refractivity contribution in [3.63, 3.8) is 0 Å². The van der Waals surface area contributed by atoms with Gasteiger partial charge in [-0.15, -0.1) is 4.28 Å². The Hall–Kier alpha value is 0.01000. The van der Waals surface area contributed by atoms with Crippen LogP contribution in [0.15, 0.2) is 0 Å². The van der Waals surface area contributed by atoms with Crippen LogP contribution in [-0.2, 0) is 19.3 Å². The number of carbonyl (C=O) groups is 1. The van der Waals surface area contributed by atoms with E-state index < -0.39 is 26.8 Å². The minimum atomic E-state index is -4.35. The van der Waals surface area contributed by atoms with E-state index in [1.807, 2.05) is 0 Å². The second kappa shape index (κ2) is 8.03. The largest absolute Gasteiger partial charge is 0.443 e. The molecule has 0 saturated heterocycles. The molecule has 11 heteroatoms. The van der Waals surface area contributed by atoms with E-state index in [4.69, 9.17) is 44.7 Å². The second-order valence-corrected chi connectivity index (χ2v) is 8.45. The summed E-state index contributed by atoms with van der Waals surface area (Å²) in [5.41, 5.74) is 0.